The molecule has 0 aromatic carbocycles. The molecule has 0 aromatic rings. The van der Waals surface area contributed by atoms with Crippen LogP contribution in [0.15, 0.2) is 0 Å². The van der Waals surface area contributed by atoms with Crippen molar-refractivity contribution >= 4 is 11.6 Å². The van der Waals surface area contributed by atoms with Gasteiger partial charge in [0, 0.05) is 24.2 Å². The lowest BCUT2D eigenvalue weighted by molar-refractivity contribution is -0.149. The van der Waals surface area contributed by atoms with Crippen LogP contribution in [-0.4, -0.2) is 11.6 Å². The van der Waals surface area contributed by atoms with E-state index in [-0.39, 0.29) is 17.8 Å². The van der Waals surface area contributed by atoms with Crippen LogP contribution in [0.2, 0.25) is 0 Å². The SMILES string of the molecule is O=C1CCC2C(=O)C3CCC2C1C3. The normalized spacial score (nSPS) is 48.3. The first-order valence-corrected chi connectivity index (χ1v) is 5.34. The summed E-state index contributed by atoms with van der Waals surface area (Å²) >= 11 is 0. The van der Waals surface area contributed by atoms with Gasteiger partial charge >= 0.3 is 0 Å². The molecule has 4 saturated carbocycles. The van der Waals surface area contributed by atoms with Crippen LogP contribution in [-0.2, 0) is 9.59 Å². The Labute approximate surface area is 77.7 Å². The molecule has 70 valence electrons. The molecular formula is C11H14O2. The monoisotopic (exact) mass is 178 g/mol. The Morgan fingerprint density at radius 2 is 1.85 bits per heavy atom. The summed E-state index contributed by atoms with van der Waals surface area (Å²) in [5, 5.41) is 0. The molecule has 4 atom stereocenters. The van der Waals surface area contributed by atoms with Crippen molar-refractivity contribution in [1.29, 1.82) is 0 Å². The Balaban J connectivity index is 1.99. The largest absolute Gasteiger partial charge is 0.299 e. The van der Waals surface area contributed by atoms with Gasteiger partial charge in [-0.15, -0.1) is 0 Å². The molecule has 4 aliphatic carbocycles. The average Bonchev–Trinajstić information content (AvgIpc) is 2.16. The van der Waals surface area contributed by atoms with Gasteiger partial charge in [0.15, 0.2) is 0 Å². The van der Waals surface area contributed by atoms with Crippen LogP contribution >= 0.6 is 0 Å². The number of ketones is 2. The first kappa shape index (κ1) is 7.72. The highest BCUT2D eigenvalue weighted by atomic mass is 16.1. The molecule has 4 aliphatic rings. The second kappa shape index (κ2) is 2.43. The molecule has 0 radical (unpaired) electrons. The summed E-state index contributed by atoms with van der Waals surface area (Å²) in [6.07, 6.45) is 4.61. The topological polar surface area (TPSA) is 34.1 Å². The Morgan fingerprint density at radius 1 is 1.00 bits per heavy atom. The lowest BCUT2D eigenvalue weighted by Crippen LogP contribution is -2.51. The molecule has 4 rings (SSSR count). The molecule has 0 N–H and O–H groups in total. The summed E-state index contributed by atoms with van der Waals surface area (Å²) in [4.78, 5) is 23.4. The quantitative estimate of drug-likeness (QED) is 0.564. The number of carbonyl (C=O) groups excluding carboxylic acids is 2. The highest BCUT2D eigenvalue weighted by Gasteiger charge is 2.52. The van der Waals surface area contributed by atoms with Gasteiger partial charge in [0.25, 0.3) is 0 Å². The Hall–Kier alpha value is -0.660. The molecule has 4 fully saturated rings. The van der Waals surface area contributed by atoms with Gasteiger partial charge in [0.05, 0.1) is 0 Å². The van der Waals surface area contributed by atoms with Gasteiger partial charge in [0.1, 0.15) is 11.6 Å². The molecule has 2 nitrogen and oxygen atoms in total. The fraction of sp³-hybridized carbons (Fsp3) is 0.818. The van der Waals surface area contributed by atoms with Gasteiger partial charge < -0.3 is 0 Å². The molecule has 13 heavy (non-hydrogen) atoms. The molecule has 0 aromatic heterocycles. The smallest absolute Gasteiger partial charge is 0.139 e. The van der Waals surface area contributed by atoms with Crippen LogP contribution in [0.1, 0.15) is 32.1 Å². The van der Waals surface area contributed by atoms with Crippen LogP contribution in [0.3, 0.4) is 0 Å². The van der Waals surface area contributed by atoms with Crippen LogP contribution < -0.4 is 0 Å². The van der Waals surface area contributed by atoms with Gasteiger partial charge in [-0.1, -0.05) is 0 Å². The minimum atomic E-state index is 0.254. The van der Waals surface area contributed by atoms with Gasteiger partial charge in [-0.25, -0.2) is 0 Å². The second-order valence-corrected chi connectivity index (χ2v) is 4.79. The lowest BCUT2D eigenvalue weighted by atomic mass is 9.54. The molecule has 0 heterocycles. The van der Waals surface area contributed by atoms with E-state index >= 15 is 0 Å². The van der Waals surface area contributed by atoms with Crippen LogP contribution in [0.5, 0.6) is 0 Å². The molecule has 0 spiro atoms. The Bertz CT molecular complexity index is 280. The maximum absolute atomic E-state index is 11.8. The van der Waals surface area contributed by atoms with Crippen LogP contribution in [0.4, 0.5) is 0 Å². The predicted octanol–water partition coefficient (Wildman–Crippen LogP) is 1.58. The number of hydrogen-bond donors (Lipinski definition) is 0. The van der Waals surface area contributed by atoms with Crippen molar-refractivity contribution in [2.24, 2.45) is 23.7 Å². The number of rotatable bonds is 0. The summed E-state index contributed by atoms with van der Waals surface area (Å²) in [5.74, 6) is 2.17. The third-order valence-corrected chi connectivity index (χ3v) is 4.30. The third kappa shape index (κ3) is 0.890. The van der Waals surface area contributed by atoms with E-state index in [1.54, 1.807) is 0 Å². The van der Waals surface area contributed by atoms with E-state index in [0.717, 1.165) is 25.7 Å². The Kier molecular flexibility index (Phi) is 1.44. The highest BCUT2D eigenvalue weighted by molar-refractivity contribution is 5.92. The molecule has 2 heteroatoms. The fourth-order valence-corrected chi connectivity index (χ4v) is 3.66. The zero-order chi connectivity index (χ0) is 9.00. The van der Waals surface area contributed by atoms with Crippen molar-refractivity contribution in [2.45, 2.75) is 32.1 Å². The summed E-state index contributed by atoms with van der Waals surface area (Å²) < 4.78 is 0. The number of Topliss-reactive ketones (excluding diaryl/α,β-unsaturated/α-hetero) is 2. The van der Waals surface area contributed by atoms with Crippen molar-refractivity contribution in [3.8, 4) is 0 Å². The van der Waals surface area contributed by atoms with E-state index < -0.39 is 0 Å². The number of hydrogen-bond acceptors (Lipinski definition) is 2. The zero-order valence-electron chi connectivity index (χ0n) is 7.66. The minimum Gasteiger partial charge on any atom is -0.299 e. The number of fused-ring (bicyclic) bond motifs is 1. The minimum absolute atomic E-state index is 0.254. The lowest BCUT2D eigenvalue weighted by Gasteiger charge is -2.48. The average molecular weight is 178 g/mol. The maximum Gasteiger partial charge on any atom is 0.139 e. The highest BCUT2D eigenvalue weighted by Crippen LogP contribution is 2.51. The van der Waals surface area contributed by atoms with Crippen LogP contribution in [0, 0.1) is 23.7 Å². The fourth-order valence-electron chi connectivity index (χ4n) is 3.66. The van der Waals surface area contributed by atoms with E-state index in [4.69, 9.17) is 0 Å². The van der Waals surface area contributed by atoms with E-state index in [0.29, 0.717) is 23.9 Å². The molecule has 0 aliphatic heterocycles. The van der Waals surface area contributed by atoms with Crippen molar-refractivity contribution in [3.05, 3.63) is 0 Å². The number of carbonyl (C=O) groups is 2. The summed E-state index contributed by atoms with van der Waals surface area (Å²) in [7, 11) is 0. The second-order valence-electron chi connectivity index (χ2n) is 4.79. The van der Waals surface area contributed by atoms with Crippen molar-refractivity contribution in [1.82, 2.24) is 0 Å². The van der Waals surface area contributed by atoms with E-state index in [2.05, 4.69) is 0 Å². The van der Waals surface area contributed by atoms with Crippen molar-refractivity contribution in [3.63, 3.8) is 0 Å². The van der Waals surface area contributed by atoms with Gasteiger partial charge in [-0.05, 0) is 31.6 Å². The van der Waals surface area contributed by atoms with Gasteiger partial charge in [0.2, 0.25) is 0 Å². The molecule has 4 bridgehead atoms. The molecule has 0 saturated heterocycles. The summed E-state index contributed by atoms with van der Waals surface area (Å²) in [5.41, 5.74) is 0. The van der Waals surface area contributed by atoms with Crippen molar-refractivity contribution in [2.75, 3.05) is 0 Å². The first-order chi connectivity index (χ1) is 6.27. The van der Waals surface area contributed by atoms with Gasteiger partial charge in [-0.2, -0.15) is 0 Å². The standard InChI is InChI=1S/C11H14O2/c12-10-4-3-8-7-2-1-6(11(8)13)5-9(7)10/h6-9H,1-5H2. The van der Waals surface area contributed by atoms with E-state index in [1.807, 2.05) is 0 Å². The third-order valence-electron chi connectivity index (χ3n) is 4.30. The van der Waals surface area contributed by atoms with E-state index in [9.17, 15) is 9.59 Å². The maximum atomic E-state index is 11.8. The first-order valence-electron chi connectivity index (χ1n) is 5.34. The summed E-state index contributed by atoms with van der Waals surface area (Å²) in [6, 6.07) is 0. The van der Waals surface area contributed by atoms with Crippen LogP contribution in [0.25, 0.3) is 0 Å². The molecule has 4 unspecified atom stereocenters. The summed E-state index contributed by atoms with van der Waals surface area (Å²) in [6.45, 7) is 0. The Morgan fingerprint density at radius 3 is 2.69 bits per heavy atom. The van der Waals surface area contributed by atoms with Crippen molar-refractivity contribution < 1.29 is 9.59 Å². The molecular weight excluding hydrogens is 164 g/mol. The van der Waals surface area contributed by atoms with Gasteiger partial charge in [-0.3, -0.25) is 9.59 Å². The zero-order valence-corrected chi connectivity index (χ0v) is 7.66. The molecule has 0 amide bonds. The predicted molar refractivity (Wildman–Crippen MR) is 47.1 cm³/mol. The van der Waals surface area contributed by atoms with E-state index in [1.165, 1.54) is 0 Å².